The molecular weight excluding hydrogens is 280 g/mol. The van der Waals surface area contributed by atoms with Gasteiger partial charge in [-0.15, -0.1) is 0 Å². The van der Waals surface area contributed by atoms with Crippen LogP contribution in [0, 0.1) is 0 Å². The summed E-state index contributed by atoms with van der Waals surface area (Å²) in [5.74, 6) is -1.83. The third-order valence-electron chi connectivity index (χ3n) is 2.44. The van der Waals surface area contributed by atoms with Gasteiger partial charge in [0.25, 0.3) is 0 Å². The first-order chi connectivity index (χ1) is 9.92. The van der Waals surface area contributed by atoms with Gasteiger partial charge in [0, 0.05) is 5.69 Å². The Labute approximate surface area is 120 Å². The molecule has 1 aromatic rings. The maximum absolute atomic E-state index is 11.6. The van der Waals surface area contributed by atoms with Gasteiger partial charge >= 0.3 is 11.9 Å². The molecule has 0 fully saturated rings. The zero-order valence-corrected chi connectivity index (χ0v) is 11.4. The van der Waals surface area contributed by atoms with Crippen LogP contribution in [0.25, 0.3) is 0 Å². The van der Waals surface area contributed by atoms with Crippen LogP contribution < -0.4 is 15.8 Å². The smallest absolute Gasteiger partial charge is 0.343 e. The van der Waals surface area contributed by atoms with Gasteiger partial charge in [0.05, 0.1) is 19.6 Å². The summed E-state index contributed by atoms with van der Waals surface area (Å²) in [6.45, 7) is -0.217. The molecule has 0 aliphatic rings. The monoisotopic (exact) mass is 296 g/mol. The summed E-state index contributed by atoms with van der Waals surface area (Å²) in [5, 5.41) is 11.0. The molecule has 1 amide bonds. The molecule has 21 heavy (non-hydrogen) atoms. The van der Waals surface area contributed by atoms with Gasteiger partial charge in [-0.3, -0.25) is 9.59 Å². The van der Waals surface area contributed by atoms with Gasteiger partial charge in [-0.1, -0.05) is 0 Å². The number of amides is 1. The molecule has 1 aromatic carbocycles. The molecule has 0 aliphatic carbocycles. The minimum absolute atomic E-state index is 0.217. The highest BCUT2D eigenvalue weighted by Crippen LogP contribution is 2.16. The molecule has 8 nitrogen and oxygen atoms in total. The zero-order valence-electron chi connectivity index (χ0n) is 11.4. The van der Waals surface area contributed by atoms with Crippen molar-refractivity contribution in [3.63, 3.8) is 0 Å². The number of nitrogens with two attached hydrogens (primary N) is 1. The number of ether oxygens (including phenoxy) is 2. The normalized spacial score (nSPS) is 11.3. The van der Waals surface area contributed by atoms with E-state index in [2.05, 4.69) is 10.1 Å². The molecule has 0 saturated heterocycles. The quantitative estimate of drug-likeness (QED) is 0.603. The number of carboxylic acid groups (broad SMARTS) is 1. The van der Waals surface area contributed by atoms with E-state index in [0.29, 0.717) is 11.4 Å². The summed E-state index contributed by atoms with van der Waals surface area (Å²) < 4.78 is 9.55. The van der Waals surface area contributed by atoms with Crippen LogP contribution in [0.1, 0.15) is 6.42 Å². The number of benzene rings is 1. The minimum Gasteiger partial charge on any atom is -0.482 e. The van der Waals surface area contributed by atoms with Crippen LogP contribution in [-0.4, -0.2) is 42.7 Å². The molecule has 0 heterocycles. The van der Waals surface area contributed by atoms with E-state index in [4.69, 9.17) is 15.6 Å². The van der Waals surface area contributed by atoms with E-state index >= 15 is 0 Å². The molecule has 0 saturated carbocycles. The summed E-state index contributed by atoms with van der Waals surface area (Å²) in [4.78, 5) is 32.9. The van der Waals surface area contributed by atoms with Crippen molar-refractivity contribution in [3.8, 4) is 5.75 Å². The van der Waals surface area contributed by atoms with E-state index in [-0.39, 0.29) is 6.61 Å². The second kappa shape index (κ2) is 7.85. The van der Waals surface area contributed by atoms with Crippen molar-refractivity contribution >= 4 is 23.5 Å². The lowest BCUT2D eigenvalue weighted by molar-refractivity contribution is -0.143. The lowest BCUT2D eigenvalue weighted by Crippen LogP contribution is -2.37. The van der Waals surface area contributed by atoms with Crippen molar-refractivity contribution in [2.75, 3.05) is 19.0 Å². The molecule has 0 spiro atoms. The van der Waals surface area contributed by atoms with Crippen molar-refractivity contribution in [1.29, 1.82) is 0 Å². The number of esters is 1. The number of nitrogens with one attached hydrogen (secondary N) is 1. The standard InChI is InChI=1S/C13H16N2O6/c1-20-12(18)7-21-9-4-2-8(3-5-9)15-13(19)10(14)6-11(16)17/h2-5,10H,6-7,14H2,1H3,(H,15,19)(H,16,17). The Hall–Kier alpha value is -2.61. The van der Waals surface area contributed by atoms with Crippen LogP contribution in [0.15, 0.2) is 24.3 Å². The predicted octanol–water partition coefficient (Wildman–Crippen LogP) is -0.0211. The Morgan fingerprint density at radius 1 is 1.29 bits per heavy atom. The largest absolute Gasteiger partial charge is 0.482 e. The Morgan fingerprint density at radius 2 is 1.90 bits per heavy atom. The lowest BCUT2D eigenvalue weighted by Gasteiger charge is -2.11. The van der Waals surface area contributed by atoms with Gasteiger partial charge in [0.15, 0.2) is 6.61 Å². The average molecular weight is 296 g/mol. The van der Waals surface area contributed by atoms with Crippen molar-refractivity contribution < 1.29 is 29.0 Å². The fraction of sp³-hybridized carbons (Fsp3) is 0.308. The molecular formula is C13H16N2O6. The van der Waals surface area contributed by atoms with Crippen LogP contribution in [-0.2, 0) is 19.1 Å². The zero-order chi connectivity index (χ0) is 15.8. The molecule has 1 unspecified atom stereocenters. The van der Waals surface area contributed by atoms with Crippen LogP contribution in [0.5, 0.6) is 5.75 Å². The molecule has 0 aromatic heterocycles. The highest BCUT2D eigenvalue weighted by Gasteiger charge is 2.16. The molecule has 4 N–H and O–H groups in total. The topological polar surface area (TPSA) is 128 Å². The van der Waals surface area contributed by atoms with Gasteiger partial charge in [0.1, 0.15) is 5.75 Å². The number of aliphatic carboxylic acids is 1. The van der Waals surface area contributed by atoms with E-state index in [1.54, 1.807) is 12.1 Å². The van der Waals surface area contributed by atoms with Crippen molar-refractivity contribution in [2.24, 2.45) is 5.73 Å². The first-order valence-corrected chi connectivity index (χ1v) is 6.00. The van der Waals surface area contributed by atoms with E-state index in [1.165, 1.54) is 19.2 Å². The maximum Gasteiger partial charge on any atom is 0.343 e. The van der Waals surface area contributed by atoms with Crippen molar-refractivity contribution in [2.45, 2.75) is 12.5 Å². The van der Waals surface area contributed by atoms with Crippen LogP contribution in [0.2, 0.25) is 0 Å². The van der Waals surface area contributed by atoms with Gasteiger partial charge in [-0.25, -0.2) is 4.79 Å². The van der Waals surface area contributed by atoms with Crippen LogP contribution >= 0.6 is 0 Å². The molecule has 0 radical (unpaired) electrons. The van der Waals surface area contributed by atoms with E-state index in [1.807, 2.05) is 0 Å². The van der Waals surface area contributed by atoms with Crippen molar-refractivity contribution in [3.05, 3.63) is 24.3 Å². The number of carbonyl (C=O) groups is 3. The number of hydrogen-bond donors (Lipinski definition) is 3. The summed E-state index contributed by atoms with van der Waals surface area (Å²) in [5.41, 5.74) is 5.86. The summed E-state index contributed by atoms with van der Waals surface area (Å²) in [6.07, 6.45) is -0.452. The first-order valence-electron chi connectivity index (χ1n) is 6.00. The van der Waals surface area contributed by atoms with Gasteiger partial charge < -0.3 is 25.6 Å². The first kappa shape index (κ1) is 16.4. The molecule has 1 atom stereocenters. The van der Waals surface area contributed by atoms with E-state index in [0.717, 1.165) is 0 Å². The highest BCUT2D eigenvalue weighted by molar-refractivity contribution is 5.96. The Bertz CT molecular complexity index is 514. The molecule has 0 aliphatic heterocycles. The van der Waals surface area contributed by atoms with E-state index < -0.39 is 30.3 Å². The van der Waals surface area contributed by atoms with Gasteiger partial charge in [-0.05, 0) is 24.3 Å². The summed E-state index contributed by atoms with van der Waals surface area (Å²) in [6, 6.07) is 5.04. The molecule has 0 bridgehead atoms. The maximum atomic E-state index is 11.6. The number of methoxy groups -OCH3 is 1. The van der Waals surface area contributed by atoms with Gasteiger partial charge in [0.2, 0.25) is 5.91 Å². The third-order valence-corrected chi connectivity index (χ3v) is 2.44. The minimum atomic E-state index is -1.15. The fourth-order valence-corrected chi connectivity index (χ4v) is 1.35. The molecule has 1 rings (SSSR count). The van der Waals surface area contributed by atoms with Crippen molar-refractivity contribution in [1.82, 2.24) is 0 Å². The number of rotatable bonds is 7. The Morgan fingerprint density at radius 3 is 2.43 bits per heavy atom. The van der Waals surface area contributed by atoms with E-state index in [9.17, 15) is 14.4 Å². The Balaban J connectivity index is 2.52. The second-order valence-electron chi connectivity index (χ2n) is 4.08. The average Bonchev–Trinajstić information content (AvgIpc) is 2.45. The predicted molar refractivity (Wildman–Crippen MR) is 72.8 cm³/mol. The van der Waals surface area contributed by atoms with Gasteiger partial charge in [-0.2, -0.15) is 0 Å². The number of carbonyl (C=O) groups excluding carboxylic acids is 2. The SMILES string of the molecule is COC(=O)COc1ccc(NC(=O)C(N)CC(=O)O)cc1. The molecule has 114 valence electrons. The number of carboxylic acids is 1. The Kier molecular flexibility index (Phi) is 6.15. The van der Waals surface area contributed by atoms with Crippen LogP contribution in [0.4, 0.5) is 5.69 Å². The van der Waals surface area contributed by atoms with Crippen LogP contribution in [0.3, 0.4) is 0 Å². The number of anilines is 1. The summed E-state index contributed by atoms with van der Waals surface area (Å²) in [7, 11) is 1.25. The molecule has 8 heteroatoms. The highest BCUT2D eigenvalue weighted by atomic mass is 16.6. The lowest BCUT2D eigenvalue weighted by atomic mass is 10.2. The number of hydrogen-bond acceptors (Lipinski definition) is 6. The third kappa shape index (κ3) is 5.91. The fourth-order valence-electron chi connectivity index (χ4n) is 1.35. The summed E-state index contributed by atoms with van der Waals surface area (Å²) >= 11 is 0. The second-order valence-corrected chi connectivity index (χ2v) is 4.08.